The van der Waals surface area contributed by atoms with E-state index >= 15 is 0 Å². The van der Waals surface area contributed by atoms with Crippen LogP contribution in [0.15, 0.2) is 30.3 Å². The van der Waals surface area contributed by atoms with Crippen LogP contribution in [0.4, 0.5) is 10.1 Å². The van der Waals surface area contributed by atoms with Gasteiger partial charge in [0.05, 0.1) is 16.9 Å². The molecule has 0 unspecified atom stereocenters. The number of hydrogen-bond acceptors (Lipinski definition) is 3. The Hall–Kier alpha value is -2.41. The number of nitrogens with zero attached hydrogens (tertiary/aromatic N) is 2. The Balaban J connectivity index is 1.80. The van der Waals surface area contributed by atoms with Crippen molar-refractivity contribution < 1.29 is 4.39 Å². The Kier molecular flexibility index (Phi) is 3.34. The van der Waals surface area contributed by atoms with Gasteiger partial charge in [0.25, 0.3) is 0 Å². The first-order chi connectivity index (χ1) is 10.1. The summed E-state index contributed by atoms with van der Waals surface area (Å²) in [6, 6.07) is 11.1. The minimum atomic E-state index is -0.202. The number of aromatic nitrogens is 1. The van der Waals surface area contributed by atoms with Crippen molar-refractivity contribution in [2.45, 2.75) is 32.2 Å². The first-order valence-electron chi connectivity index (χ1n) is 6.99. The number of rotatable bonds is 3. The maximum absolute atomic E-state index is 13.3. The van der Waals surface area contributed by atoms with Crippen LogP contribution in [0.3, 0.4) is 0 Å². The maximum atomic E-state index is 13.3. The first kappa shape index (κ1) is 13.6. The predicted octanol–water partition coefficient (Wildman–Crippen LogP) is 3.68. The van der Waals surface area contributed by atoms with Gasteiger partial charge in [0.1, 0.15) is 11.9 Å². The second-order valence-corrected chi connectivity index (χ2v) is 5.53. The van der Waals surface area contributed by atoms with Gasteiger partial charge in [-0.2, -0.15) is 5.26 Å². The minimum absolute atomic E-state index is 0.202. The highest BCUT2D eigenvalue weighted by atomic mass is 19.1. The normalized spacial score (nSPS) is 19.9. The third-order valence-corrected chi connectivity index (χ3v) is 3.85. The summed E-state index contributed by atoms with van der Waals surface area (Å²) >= 11 is 0. The molecule has 1 aromatic heterocycles. The molecule has 3 nitrogen and oxygen atoms in total. The molecule has 1 saturated carbocycles. The fraction of sp³-hybridized carbons (Fsp3) is 0.294. The van der Waals surface area contributed by atoms with Crippen LogP contribution in [0.25, 0.3) is 0 Å². The Labute approximate surface area is 123 Å². The van der Waals surface area contributed by atoms with E-state index < -0.39 is 0 Å². The average Bonchev–Trinajstić information content (AvgIpc) is 3.17. The fourth-order valence-electron chi connectivity index (χ4n) is 2.74. The van der Waals surface area contributed by atoms with Crippen LogP contribution in [0.1, 0.15) is 34.9 Å². The molecule has 4 heteroatoms. The minimum Gasteiger partial charge on any atom is -0.380 e. The van der Waals surface area contributed by atoms with Gasteiger partial charge in [-0.05, 0) is 44.0 Å². The molecule has 1 N–H and O–H groups in total. The van der Waals surface area contributed by atoms with E-state index in [2.05, 4.69) is 16.4 Å². The van der Waals surface area contributed by atoms with E-state index in [-0.39, 0.29) is 11.9 Å². The lowest BCUT2D eigenvalue weighted by molar-refractivity contribution is 0.625. The zero-order chi connectivity index (χ0) is 15.0. The monoisotopic (exact) mass is 281 g/mol. The molecule has 0 saturated heterocycles. The lowest BCUT2D eigenvalue weighted by Gasteiger charge is -2.11. The molecule has 3 rings (SSSR count). The van der Waals surface area contributed by atoms with E-state index in [0.29, 0.717) is 11.5 Å². The number of nitriles is 1. The summed E-state index contributed by atoms with van der Waals surface area (Å²) in [6.07, 6.45) is 0.953. The molecule has 1 aliphatic rings. The van der Waals surface area contributed by atoms with E-state index in [1.807, 2.05) is 26.0 Å². The molecule has 0 radical (unpaired) electrons. The van der Waals surface area contributed by atoms with Gasteiger partial charge in [0.2, 0.25) is 0 Å². The van der Waals surface area contributed by atoms with Crippen LogP contribution in [-0.2, 0) is 0 Å². The average molecular weight is 281 g/mol. The van der Waals surface area contributed by atoms with Crippen molar-refractivity contribution in [3.8, 4) is 6.07 Å². The largest absolute Gasteiger partial charge is 0.380 e. The highest BCUT2D eigenvalue weighted by molar-refractivity contribution is 5.61. The van der Waals surface area contributed by atoms with Crippen LogP contribution in [0.5, 0.6) is 0 Å². The molecule has 2 aromatic rings. The van der Waals surface area contributed by atoms with Crippen LogP contribution in [-0.4, -0.2) is 11.0 Å². The predicted molar refractivity (Wildman–Crippen MR) is 79.6 cm³/mol. The van der Waals surface area contributed by atoms with Gasteiger partial charge in [0.15, 0.2) is 0 Å². The molecule has 1 heterocycles. The van der Waals surface area contributed by atoms with Crippen LogP contribution in [0.2, 0.25) is 0 Å². The van der Waals surface area contributed by atoms with E-state index in [1.165, 1.54) is 6.07 Å². The van der Waals surface area contributed by atoms with E-state index in [1.54, 1.807) is 12.1 Å². The highest BCUT2D eigenvalue weighted by Gasteiger charge is 2.38. The Morgan fingerprint density at radius 1 is 1.33 bits per heavy atom. The molecule has 1 aromatic carbocycles. The summed E-state index contributed by atoms with van der Waals surface area (Å²) in [5, 5.41) is 12.7. The van der Waals surface area contributed by atoms with Gasteiger partial charge in [-0.25, -0.2) is 4.39 Å². The molecule has 0 aliphatic heterocycles. The standard InChI is InChI=1S/C17H16FN3/c1-10-6-16(15(9-19)11(2)20-10)21-17-8-14(17)12-4-3-5-13(18)7-12/h3-7,14,17H,8H2,1-2H3,(H,20,21)/t14-,17+/m0/s1. The molecule has 1 fully saturated rings. The van der Waals surface area contributed by atoms with Crippen molar-refractivity contribution >= 4 is 5.69 Å². The molecule has 0 bridgehead atoms. The molecule has 2 atom stereocenters. The second-order valence-electron chi connectivity index (χ2n) is 5.53. The topological polar surface area (TPSA) is 48.7 Å². The quantitative estimate of drug-likeness (QED) is 0.933. The van der Waals surface area contributed by atoms with Crippen LogP contribution < -0.4 is 5.32 Å². The number of halogens is 1. The van der Waals surface area contributed by atoms with Crippen molar-refractivity contribution in [2.75, 3.05) is 5.32 Å². The van der Waals surface area contributed by atoms with Crippen molar-refractivity contribution in [2.24, 2.45) is 0 Å². The SMILES string of the molecule is Cc1cc(N[C@@H]2C[C@H]2c2cccc(F)c2)c(C#N)c(C)n1. The Morgan fingerprint density at radius 3 is 2.86 bits per heavy atom. The molecule has 0 amide bonds. The fourth-order valence-corrected chi connectivity index (χ4v) is 2.74. The first-order valence-corrected chi connectivity index (χ1v) is 6.99. The zero-order valence-electron chi connectivity index (χ0n) is 12.0. The molecular formula is C17H16FN3. The van der Waals surface area contributed by atoms with Crippen molar-refractivity contribution in [3.63, 3.8) is 0 Å². The highest BCUT2D eigenvalue weighted by Crippen LogP contribution is 2.43. The molecular weight excluding hydrogens is 265 g/mol. The Bertz CT molecular complexity index is 733. The summed E-state index contributed by atoms with van der Waals surface area (Å²) in [5.74, 6) is 0.104. The maximum Gasteiger partial charge on any atom is 0.123 e. The number of nitrogens with one attached hydrogen (secondary N) is 1. The van der Waals surface area contributed by atoms with Gasteiger partial charge in [-0.3, -0.25) is 4.98 Å². The summed E-state index contributed by atoms with van der Waals surface area (Å²) in [7, 11) is 0. The third kappa shape index (κ3) is 2.73. The van der Waals surface area contributed by atoms with E-state index in [0.717, 1.165) is 29.1 Å². The second kappa shape index (κ2) is 5.17. The van der Waals surface area contributed by atoms with Gasteiger partial charge < -0.3 is 5.32 Å². The van der Waals surface area contributed by atoms with Crippen molar-refractivity contribution in [1.82, 2.24) is 4.98 Å². The molecule has 106 valence electrons. The van der Waals surface area contributed by atoms with Gasteiger partial charge in [-0.1, -0.05) is 12.1 Å². The molecule has 0 spiro atoms. The number of hydrogen-bond donors (Lipinski definition) is 1. The number of pyridine rings is 1. The van der Waals surface area contributed by atoms with Crippen LogP contribution in [0, 0.1) is 31.0 Å². The summed E-state index contributed by atoms with van der Waals surface area (Å²) in [6.45, 7) is 3.75. The van der Waals surface area contributed by atoms with Crippen molar-refractivity contribution in [1.29, 1.82) is 5.26 Å². The Morgan fingerprint density at radius 2 is 2.14 bits per heavy atom. The molecule has 1 aliphatic carbocycles. The van der Waals surface area contributed by atoms with Gasteiger partial charge in [-0.15, -0.1) is 0 Å². The van der Waals surface area contributed by atoms with Gasteiger partial charge >= 0.3 is 0 Å². The number of anilines is 1. The summed E-state index contributed by atoms with van der Waals surface area (Å²) < 4.78 is 13.3. The summed E-state index contributed by atoms with van der Waals surface area (Å²) in [4.78, 5) is 4.31. The summed E-state index contributed by atoms with van der Waals surface area (Å²) in [5.41, 5.74) is 4.05. The number of benzene rings is 1. The van der Waals surface area contributed by atoms with Gasteiger partial charge in [0, 0.05) is 17.7 Å². The number of aryl methyl sites for hydroxylation is 2. The third-order valence-electron chi connectivity index (χ3n) is 3.85. The van der Waals surface area contributed by atoms with Crippen LogP contribution >= 0.6 is 0 Å². The van der Waals surface area contributed by atoms with E-state index in [9.17, 15) is 9.65 Å². The van der Waals surface area contributed by atoms with E-state index in [4.69, 9.17) is 0 Å². The molecule has 21 heavy (non-hydrogen) atoms. The lowest BCUT2D eigenvalue weighted by atomic mass is 10.1. The van der Waals surface area contributed by atoms with Crippen molar-refractivity contribution in [3.05, 3.63) is 58.7 Å². The smallest absolute Gasteiger partial charge is 0.123 e. The lowest BCUT2D eigenvalue weighted by Crippen LogP contribution is -2.08. The zero-order valence-corrected chi connectivity index (χ0v) is 12.0.